The first-order valence-electron chi connectivity index (χ1n) is 16.2. The molecule has 1 saturated carbocycles. The number of aliphatic hydroxyl groups is 1. The summed E-state index contributed by atoms with van der Waals surface area (Å²) in [6, 6.07) is 0.456. The fourth-order valence-corrected chi connectivity index (χ4v) is 7.90. The van der Waals surface area contributed by atoms with E-state index < -0.39 is 6.10 Å². The number of carbonyl (C=O) groups excluding carboxylic acids is 2. The number of β-amino-alcohol motifs (C(OH)–C–C–N with tert-alkyl or cyclic N) is 1. The van der Waals surface area contributed by atoms with Gasteiger partial charge in [0.15, 0.2) is 0 Å². The normalized spacial score (nSPS) is 36.1. The molecule has 0 spiro atoms. The number of hydrogen-bond acceptors (Lipinski definition) is 9. The van der Waals surface area contributed by atoms with Crippen molar-refractivity contribution in [3.8, 4) is 0 Å². The maximum Gasteiger partial charge on any atom is 0.237 e. The summed E-state index contributed by atoms with van der Waals surface area (Å²) in [6.07, 6.45) is 7.00. The number of amides is 2. The quantitative estimate of drug-likeness (QED) is 0.241. The van der Waals surface area contributed by atoms with Gasteiger partial charge in [-0.15, -0.1) is 0 Å². The molecule has 5 aliphatic rings. The van der Waals surface area contributed by atoms with Gasteiger partial charge >= 0.3 is 0 Å². The molecule has 234 valence electrons. The lowest BCUT2D eigenvalue weighted by Gasteiger charge is -2.47. The summed E-state index contributed by atoms with van der Waals surface area (Å²) in [6.45, 7) is 11.5. The molecule has 7 unspecified atom stereocenters. The van der Waals surface area contributed by atoms with Crippen molar-refractivity contribution in [3.05, 3.63) is 0 Å². The minimum absolute atomic E-state index is 0.0217. The molecule has 0 radical (unpaired) electrons. The van der Waals surface area contributed by atoms with Crippen molar-refractivity contribution in [3.63, 3.8) is 0 Å². The molecule has 11 heteroatoms. The average molecular weight is 579 g/mol. The molecule has 11 nitrogen and oxygen atoms in total. The van der Waals surface area contributed by atoms with E-state index in [9.17, 15) is 14.7 Å². The predicted octanol–water partition coefficient (Wildman–Crippen LogP) is -0.116. The van der Waals surface area contributed by atoms with E-state index in [4.69, 9.17) is 9.47 Å². The number of fused-ring (bicyclic) bond motifs is 1. The van der Waals surface area contributed by atoms with E-state index in [1.54, 1.807) is 6.92 Å². The highest BCUT2D eigenvalue weighted by molar-refractivity contribution is 5.81. The Balaban J connectivity index is 0.976. The number of ether oxygens (including phenoxy) is 2. The Morgan fingerprint density at radius 3 is 2.68 bits per heavy atom. The first-order valence-corrected chi connectivity index (χ1v) is 16.2. The van der Waals surface area contributed by atoms with Crippen LogP contribution in [0.2, 0.25) is 0 Å². The van der Waals surface area contributed by atoms with Gasteiger partial charge in [-0.25, -0.2) is 0 Å². The third-order valence-corrected chi connectivity index (χ3v) is 10.4. The third kappa shape index (κ3) is 8.61. The Morgan fingerprint density at radius 1 is 1.10 bits per heavy atom. The molecule has 4 aliphatic heterocycles. The zero-order chi connectivity index (χ0) is 28.8. The molecule has 1 aliphatic carbocycles. The van der Waals surface area contributed by atoms with Crippen LogP contribution in [-0.4, -0.2) is 129 Å². The third-order valence-electron chi connectivity index (χ3n) is 10.4. The minimum atomic E-state index is -0.573. The number of rotatable bonds is 10. The van der Waals surface area contributed by atoms with Gasteiger partial charge < -0.3 is 40.3 Å². The molecule has 4 saturated heterocycles. The summed E-state index contributed by atoms with van der Waals surface area (Å²) in [7, 11) is 0. The summed E-state index contributed by atoms with van der Waals surface area (Å²) in [5.74, 6) is 2.00. The van der Waals surface area contributed by atoms with Gasteiger partial charge in [-0.2, -0.15) is 0 Å². The smallest absolute Gasteiger partial charge is 0.237 e. The van der Waals surface area contributed by atoms with Crippen LogP contribution in [0, 0.1) is 17.8 Å². The number of nitrogens with zero attached hydrogens (tertiary/aromatic N) is 2. The van der Waals surface area contributed by atoms with Crippen LogP contribution in [0.3, 0.4) is 0 Å². The highest BCUT2D eigenvalue weighted by atomic mass is 16.5. The Labute approximate surface area is 245 Å². The first-order chi connectivity index (χ1) is 19.9. The molecular formula is C30H54N6O5. The highest BCUT2D eigenvalue weighted by Gasteiger charge is 2.41. The molecule has 4 heterocycles. The zero-order valence-electron chi connectivity index (χ0n) is 25.2. The Kier molecular flexibility index (Phi) is 11.3. The zero-order valence-corrected chi connectivity index (χ0v) is 25.2. The van der Waals surface area contributed by atoms with Crippen LogP contribution >= 0.6 is 0 Å². The highest BCUT2D eigenvalue weighted by Crippen LogP contribution is 2.41. The van der Waals surface area contributed by atoms with Crippen molar-refractivity contribution < 1.29 is 24.2 Å². The number of hydrogen-bond donors (Lipinski definition) is 5. The summed E-state index contributed by atoms with van der Waals surface area (Å²) in [5, 5.41) is 24.1. The molecular weight excluding hydrogens is 524 g/mol. The van der Waals surface area contributed by atoms with Crippen LogP contribution in [0.25, 0.3) is 0 Å². The summed E-state index contributed by atoms with van der Waals surface area (Å²) in [4.78, 5) is 28.8. The second-order valence-corrected chi connectivity index (χ2v) is 13.2. The van der Waals surface area contributed by atoms with Gasteiger partial charge in [0.05, 0.1) is 37.7 Å². The van der Waals surface area contributed by atoms with E-state index in [2.05, 4.69) is 33.1 Å². The molecule has 0 aromatic carbocycles. The van der Waals surface area contributed by atoms with Gasteiger partial charge in [-0.3, -0.25) is 14.9 Å². The minimum Gasteiger partial charge on any atom is -0.390 e. The van der Waals surface area contributed by atoms with Gasteiger partial charge in [0.25, 0.3) is 0 Å². The molecule has 41 heavy (non-hydrogen) atoms. The number of carbonyl (C=O) groups is 2. The van der Waals surface area contributed by atoms with E-state index in [1.165, 1.54) is 6.42 Å². The topological polar surface area (TPSA) is 127 Å². The first kappa shape index (κ1) is 31.1. The summed E-state index contributed by atoms with van der Waals surface area (Å²) >= 11 is 0. The Hall–Kier alpha value is -1.34. The van der Waals surface area contributed by atoms with Gasteiger partial charge in [0, 0.05) is 58.3 Å². The maximum atomic E-state index is 12.9. The van der Waals surface area contributed by atoms with Crippen molar-refractivity contribution >= 4 is 11.8 Å². The monoisotopic (exact) mass is 578 g/mol. The summed E-state index contributed by atoms with van der Waals surface area (Å²) in [5.41, 5.74) is 0. The summed E-state index contributed by atoms with van der Waals surface area (Å²) < 4.78 is 11.9. The molecule has 0 aromatic rings. The van der Waals surface area contributed by atoms with Gasteiger partial charge in [0.1, 0.15) is 0 Å². The standard InChI is InChI=1S/C30H54N6O5/c1-20-27-8-10-35(16-22(27)3-4-29(20)40-18-26-15-31-19-41-26)17-25(38)14-33-30(39)28-13-24(5-9-32-28)34-23-6-11-36(12-7-23)21(2)37/h20,22-29,31-32,34,38H,3-19H2,1-2H3,(H,33,39)/t20?,22?,24?,25-,26?,27?,28?,29?/m0/s1. The van der Waals surface area contributed by atoms with Crippen molar-refractivity contribution in [1.29, 1.82) is 0 Å². The number of aliphatic hydroxyl groups excluding tert-OH is 1. The SMILES string of the molecule is CC(=O)N1CCC(NC2CCNC(C(=O)NC[C@H](O)CN3CCC4C(CCC(OCC5CNCO5)C4C)C3)C2)CC1. The second kappa shape index (κ2) is 14.9. The predicted molar refractivity (Wildman–Crippen MR) is 156 cm³/mol. The van der Waals surface area contributed by atoms with Gasteiger partial charge in [-0.1, -0.05) is 6.92 Å². The number of nitrogens with one attached hydrogen (secondary N) is 4. The molecule has 5 N–H and O–H groups in total. The van der Waals surface area contributed by atoms with Crippen LogP contribution in [0.4, 0.5) is 0 Å². The lowest BCUT2D eigenvalue weighted by Crippen LogP contribution is -2.56. The van der Waals surface area contributed by atoms with Gasteiger partial charge in [-0.05, 0) is 75.8 Å². The molecule has 2 amide bonds. The lowest BCUT2D eigenvalue weighted by atomic mass is 9.68. The maximum absolute atomic E-state index is 12.9. The molecule has 0 aromatic heterocycles. The lowest BCUT2D eigenvalue weighted by molar-refractivity contribution is -0.130. The van der Waals surface area contributed by atoms with Crippen molar-refractivity contribution in [1.82, 2.24) is 31.1 Å². The molecule has 5 rings (SSSR count). The van der Waals surface area contributed by atoms with E-state index in [0.717, 1.165) is 77.8 Å². The van der Waals surface area contributed by atoms with Crippen molar-refractivity contribution in [2.75, 3.05) is 65.7 Å². The van der Waals surface area contributed by atoms with E-state index >= 15 is 0 Å². The molecule has 0 bridgehead atoms. The van der Waals surface area contributed by atoms with Crippen LogP contribution in [0.15, 0.2) is 0 Å². The van der Waals surface area contributed by atoms with Crippen LogP contribution in [0.1, 0.15) is 58.8 Å². The van der Waals surface area contributed by atoms with Crippen molar-refractivity contribution in [2.45, 2.75) is 95.2 Å². The fourth-order valence-electron chi connectivity index (χ4n) is 7.90. The van der Waals surface area contributed by atoms with Crippen LogP contribution in [0.5, 0.6) is 0 Å². The Bertz CT molecular complexity index is 851. The van der Waals surface area contributed by atoms with E-state index in [0.29, 0.717) is 55.8 Å². The largest absolute Gasteiger partial charge is 0.390 e. The second-order valence-electron chi connectivity index (χ2n) is 13.2. The van der Waals surface area contributed by atoms with E-state index in [1.807, 2.05) is 4.90 Å². The van der Waals surface area contributed by atoms with Crippen LogP contribution < -0.4 is 21.3 Å². The number of piperidine rings is 3. The van der Waals surface area contributed by atoms with Gasteiger partial charge in [0.2, 0.25) is 11.8 Å². The molecule has 5 fully saturated rings. The molecule has 8 atom stereocenters. The average Bonchev–Trinajstić information content (AvgIpc) is 3.50. The van der Waals surface area contributed by atoms with Crippen molar-refractivity contribution in [2.24, 2.45) is 17.8 Å². The number of likely N-dealkylation sites (tertiary alicyclic amines) is 2. The van der Waals surface area contributed by atoms with Crippen LogP contribution in [-0.2, 0) is 19.1 Å². The Morgan fingerprint density at radius 2 is 1.93 bits per heavy atom. The fraction of sp³-hybridized carbons (Fsp3) is 0.933. The van der Waals surface area contributed by atoms with E-state index in [-0.39, 0.29) is 30.5 Å².